The van der Waals surface area contributed by atoms with Gasteiger partial charge in [0.05, 0.1) is 0 Å². The van der Waals surface area contributed by atoms with E-state index in [1.165, 1.54) is 23.7 Å². The van der Waals surface area contributed by atoms with E-state index in [1.54, 1.807) is 0 Å². The zero-order valence-electron chi connectivity index (χ0n) is 6.83. The summed E-state index contributed by atoms with van der Waals surface area (Å²) in [6, 6.07) is 0. The first-order valence-corrected chi connectivity index (χ1v) is 4.72. The third-order valence-corrected chi connectivity index (χ3v) is 5.55. The Hall–Kier alpha value is -0.840. The Morgan fingerprint density at radius 3 is 1.62 bits per heavy atom. The van der Waals surface area contributed by atoms with Gasteiger partial charge in [-0.1, -0.05) is 0 Å². The SMILES string of the molecule is NC12C3C4C5C3C1C5C42.O=[N+]([O-])O. The number of rotatable bonds is 0. The zero-order chi connectivity index (χ0) is 9.12. The predicted octanol–water partition coefficient (Wildman–Crippen LogP) is -0.282. The van der Waals surface area contributed by atoms with Crippen LogP contribution in [0, 0.1) is 51.5 Å². The molecule has 0 bridgehead atoms. The molecule has 6 fully saturated rings. The molecule has 70 valence electrons. The van der Waals surface area contributed by atoms with Crippen LogP contribution in [0.3, 0.4) is 0 Å². The summed E-state index contributed by atoms with van der Waals surface area (Å²) >= 11 is 0. The fourth-order valence-corrected chi connectivity index (χ4v) is 5.52. The monoisotopic (exact) mass is 182 g/mol. The maximum atomic E-state index is 8.36. The van der Waals surface area contributed by atoms with Crippen LogP contribution in [0.4, 0.5) is 0 Å². The Balaban J connectivity index is 0.000000115. The third-order valence-electron chi connectivity index (χ3n) is 5.55. The molecular weight excluding hydrogens is 172 g/mol. The molecule has 0 unspecified atom stereocenters. The summed E-state index contributed by atoms with van der Waals surface area (Å²) in [6.07, 6.45) is 0. The minimum atomic E-state index is -1.50. The summed E-state index contributed by atoms with van der Waals surface area (Å²) in [5.41, 5.74) is 6.65. The highest BCUT2D eigenvalue weighted by Gasteiger charge is 3.03. The van der Waals surface area contributed by atoms with E-state index in [2.05, 4.69) is 0 Å². The average Bonchev–Trinajstić information content (AvgIpc) is 2.03. The van der Waals surface area contributed by atoms with Crippen molar-refractivity contribution < 1.29 is 10.3 Å². The topological polar surface area (TPSA) is 89.4 Å². The van der Waals surface area contributed by atoms with Gasteiger partial charge in [0.2, 0.25) is 0 Å². The van der Waals surface area contributed by atoms with Gasteiger partial charge in [0.25, 0.3) is 5.09 Å². The van der Waals surface area contributed by atoms with E-state index >= 15 is 0 Å². The van der Waals surface area contributed by atoms with Crippen molar-refractivity contribution in [1.82, 2.24) is 0 Å². The molecule has 6 aliphatic rings. The molecule has 6 rings (SSSR count). The van der Waals surface area contributed by atoms with E-state index in [1.807, 2.05) is 0 Å². The van der Waals surface area contributed by atoms with Crippen molar-refractivity contribution in [1.29, 1.82) is 0 Å². The van der Waals surface area contributed by atoms with E-state index < -0.39 is 5.09 Å². The molecule has 0 spiro atoms. The van der Waals surface area contributed by atoms with Crippen LogP contribution in [0.5, 0.6) is 0 Å². The molecule has 0 atom stereocenters. The maximum Gasteiger partial charge on any atom is 0.291 e. The Morgan fingerprint density at radius 1 is 1.15 bits per heavy atom. The van der Waals surface area contributed by atoms with Crippen LogP contribution in [0.1, 0.15) is 0 Å². The summed E-state index contributed by atoms with van der Waals surface area (Å²) < 4.78 is 0. The summed E-state index contributed by atoms with van der Waals surface area (Å²) in [5.74, 6) is 7.93. The molecular formula is C8H10N2O3. The predicted molar refractivity (Wildman–Crippen MR) is 40.1 cm³/mol. The van der Waals surface area contributed by atoms with Crippen molar-refractivity contribution in [3.8, 4) is 0 Å². The van der Waals surface area contributed by atoms with Gasteiger partial charge in [0, 0.05) is 5.54 Å². The lowest BCUT2D eigenvalue weighted by Gasteiger charge is -3.06. The Bertz CT molecular complexity index is 287. The van der Waals surface area contributed by atoms with Crippen LogP contribution >= 0.6 is 0 Å². The van der Waals surface area contributed by atoms with E-state index in [0.29, 0.717) is 5.54 Å². The van der Waals surface area contributed by atoms with Gasteiger partial charge < -0.3 is 10.9 Å². The van der Waals surface area contributed by atoms with Gasteiger partial charge in [-0.2, -0.15) is 0 Å². The molecule has 0 aromatic heterocycles. The first kappa shape index (κ1) is 6.59. The van der Waals surface area contributed by atoms with E-state index in [9.17, 15) is 0 Å². The molecule has 5 nitrogen and oxygen atoms in total. The Kier molecular flexibility index (Phi) is 0.687. The van der Waals surface area contributed by atoms with E-state index in [-0.39, 0.29) is 0 Å². The summed E-state index contributed by atoms with van der Waals surface area (Å²) in [4.78, 5) is 8.36. The molecule has 6 aliphatic carbocycles. The molecule has 0 amide bonds. The highest BCUT2D eigenvalue weighted by Crippen LogP contribution is 3.01. The smallest absolute Gasteiger partial charge is 0.291 e. The summed E-state index contributed by atoms with van der Waals surface area (Å²) in [7, 11) is 0. The molecule has 3 N–H and O–H groups in total. The van der Waals surface area contributed by atoms with Crippen molar-refractivity contribution in [2.45, 2.75) is 5.54 Å². The standard InChI is InChI=1S/C8H9N.HNO3/c9-8-5-2-1-3(5)7(8)4(1)6(2)8;2-1(3)4/h1-7H,9H2;(H,2,3,4). The molecule has 0 heterocycles. The normalized spacial score (nSPS) is 75.0. The van der Waals surface area contributed by atoms with Crippen LogP contribution in [0.2, 0.25) is 0 Å². The van der Waals surface area contributed by atoms with Crippen molar-refractivity contribution in [3.63, 3.8) is 0 Å². The molecule has 13 heavy (non-hydrogen) atoms. The number of hydrogen-bond donors (Lipinski definition) is 2. The highest BCUT2D eigenvalue weighted by atomic mass is 16.9. The summed E-state index contributed by atoms with van der Waals surface area (Å²) in [6.45, 7) is 0. The molecule has 6 saturated carbocycles. The molecule has 0 aromatic rings. The minimum Gasteiger partial charge on any atom is -0.328 e. The van der Waals surface area contributed by atoms with Gasteiger partial charge in [-0.15, -0.1) is 10.1 Å². The Labute approximate surface area is 74.0 Å². The minimum absolute atomic E-state index is 0.467. The second-order valence-electron chi connectivity index (χ2n) is 5.12. The second kappa shape index (κ2) is 1.35. The fourth-order valence-electron chi connectivity index (χ4n) is 5.52. The second-order valence-corrected chi connectivity index (χ2v) is 5.12. The Morgan fingerprint density at radius 2 is 1.46 bits per heavy atom. The highest BCUT2D eigenvalue weighted by molar-refractivity contribution is 5.53. The van der Waals surface area contributed by atoms with Crippen LogP contribution < -0.4 is 5.73 Å². The van der Waals surface area contributed by atoms with Crippen LogP contribution in [0.15, 0.2) is 0 Å². The van der Waals surface area contributed by atoms with E-state index in [4.69, 9.17) is 21.1 Å². The van der Waals surface area contributed by atoms with Crippen molar-refractivity contribution >= 4 is 0 Å². The quantitative estimate of drug-likeness (QED) is 0.398. The molecule has 0 aliphatic heterocycles. The first-order chi connectivity index (χ1) is 6.10. The van der Waals surface area contributed by atoms with Crippen molar-refractivity contribution in [2.24, 2.45) is 47.2 Å². The average molecular weight is 182 g/mol. The summed E-state index contributed by atoms with van der Waals surface area (Å²) in [5, 5.41) is 13.6. The van der Waals surface area contributed by atoms with Crippen molar-refractivity contribution in [3.05, 3.63) is 10.1 Å². The number of nitrogens with two attached hydrogens (primary N) is 1. The van der Waals surface area contributed by atoms with Gasteiger partial charge in [0.15, 0.2) is 0 Å². The molecule has 0 radical (unpaired) electrons. The third kappa shape index (κ3) is 0.331. The van der Waals surface area contributed by atoms with E-state index in [0.717, 1.165) is 17.8 Å². The van der Waals surface area contributed by atoms with Crippen LogP contribution in [-0.2, 0) is 0 Å². The van der Waals surface area contributed by atoms with Gasteiger partial charge in [0.1, 0.15) is 0 Å². The largest absolute Gasteiger partial charge is 0.328 e. The van der Waals surface area contributed by atoms with Gasteiger partial charge in [-0.05, 0) is 41.4 Å². The van der Waals surface area contributed by atoms with Gasteiger partial charge >= 0.3 is 0 Å². The molecule has 0 saturated heterocycles. The molecule has 0 aromatic carbocycles. The number of hydrogen-bond acceptors (Lipinski definition) is 3. The first-order valence-electron chi connectivity index (χ1n) is 4.72. The fraction of sp³-hybridized carbons (Fsp3) is 1.00. The van der Waals surface area contributed by atoms with Gasteiger partial charge in [-0.3, -0.25) is 0 Å². The van der Waals surface area contributed by atoms with Crippen LogP contribution in [0.25, 0.3) is 0 Å². The lowest BCUT2D eigenvalue weighted by atomic mass is 8.99. The lowest BCUT2D eigenvalue weighted by Crippen LogP contribution is -3.10. The van der Waals surface area contributed by atoms with Crippen molar-refractivity contribution in [2.75, 3.05) is 0 Å². The molecule has 5 heteroatoms. The number of nitrogens with zero attached hydrogens (tertiary/aromatic N) is 1. The maximum absolute atomic E-state index is 8.36. The lowest BCUT2D eigenvalue weighted by molar-refractivity contribution is -0.742. The zero-order valence-corrected chi connectivity index (χ0v) is 6.83. The van der Waals surface area contributed by atoms with Gasteiger partial charge in [-0.25, -0.2) is 0 Å². The van der Waals surface area contributed by atoms with Crippen LogP contribution in [-0.4, -0.2) is 15.8 Å².